The molecule has 1 N–H and O–H groups in total. The first-order valence-corrected chi connectivity index (χ1v) is 7.22. The van der Waals surface area contributed by atoms with E-state index >= 15 is 0 Å². The van der Waals surface area contributed by atoms with Gasteiger partial charge in [0.2, 0.25) is 5.91 Å². The van der Waals surface area contributed by atoms with Gasteiger partial charge >= 0.3 is 0 Å². The monoisotopic (exact) mass is 329 g/mol. The van der Waals surface area contributed by atoms with Crippen LogP contribution >= 0.6 is 0 Å². The van der Waals surface area contributed by atoms with E-state index in [9.17, 15) is 9.59 Å². The molecule has 24 heavy (non-hydrogen) atoms. The lowest BCUT2D eigenvalue weighted by Gasteiger charge is -2.13. The molecule has 0 aliphatic rings. The van der Waals surface area contributed by atoms with Crippen molar-refractivity contribution in [1.82, 2.24) is 0 Å². The third-order valence-electron chi connectivity index (χ3n) is 3.42. The van der Waals surface area contributed by atoms with E-state index in [1.807, 2.05) is 0 Å². The molecular formula is C18H19NO5. The Morgan fingerprint density at radius 3 is 1.96 bits per heavy atom. The summed E-state index contributed by atoms with van der Waals surface area (Å²) >= 11 is 0. The fraction of sp³-hybridized carbons (Fsp3) is 0.222. The van der Waals surface area contributed by atoms with E-state index in [0.717, 1.165) is 0 Å². The second-order valence-corrected chi connectivity index (χ2v) is 4.99. The molecule has 0 spiro atoms. The maximum Gasteiger partial charge on any atom is 0.221 e. The topological polar surface area (TPSA) is 73.9 Å². The number of ketones is 1. The van der Waals surface area contributed by atoms with Crippen LogP contribution in [0.25, 0.3) is 0 Å². The van der Waals surface area contributed by atoms with E-state index in [1.54, 1.807) is 43.5 Å². The lowest BCUT2D eigenvalue weighted by atomic mass is 10.0. The fourth-order valence-electron chi connectivity index (χ4n) is 2.29. The van der Waals surface area contributed by atoms with Gasteiger partial charge in [-0.1, -0.05) is 0 Å². The Hall–Kier alpha value is -3.02. The van der Waals surface area contributed by atoms with Crippen LogP contribution in [-0.2, 0) is 4.79 Å². The number of carbonyl (C=O) groups is 2. The van der Waals surface area contributed by atoms with Crippen molar-refractivity contribution in [2.45, 2.75) is 6.92 Å². The van der Waals surface area contributed by atoms with Gasteiger partial charge in [0.15, 0.2) is 5.78 Å². The summed E-state index contributed by atoms with van der Waals surface area (Å²) in [7, 11) is 4.50. The van der Waals surface area contributed by atoms with Crippen molar-refractivity contribution < 1.29 is 23.8 Å². The highest BCUT2D eigenvalue weighted by atomic mass is 16.5. The van der Waals surface area contributed by atoms with Crippen molar-refractivity contribution in [2.75, 3.05) is 26.6 Å². The molecule has 0 bridgehead atoms. The van der Waals surface area contributed by atoms with Gasteiger partial charge in [0.25, 0.3) is 0 Å². The number of anilines is 1. The van der Waals surface area contributed by atoms with E-state index in [1.165, 1.54) is 21.1 Å². The zero-order valence-corrected chi connectivity index (χ0v) is 14.0. The summed E-state index contributed by atoms with van der Waals surface area (Å²) in [5.74, 6) is 0.918. The summed E-state index contributed by atoms with van der Waals surface area (Å²) in [6.45, 7) is 1.41. The van der Waals surface area contributed by atoms with Crippen LogP contribution in [0.15, 0.2) is 36.4 Å². The summed E-state index contributed by atoms with van der Waals surface area (Å²) < 4.78 is 15.7. The van der Waals surface area contributed by atoms with Crippen molar-refractivity contribution in [1.29, 1.82) is 0 Å². The van der Waals surface area contributed by atoms with E-state index in [2.05, 4.69) is 5.32 Å². The number of methoxy groups -OCH3 is 3. The molecule has 0 aromatic heterocycles. The molecule has 6 nitrogen and oxygen atoms in total. The number of carbonyl (C=O) groups excluding carboxylic acids is 2. The average molecular weight is 329 g/mol. The van der Waals surface area contributed by atoms with E-state index in [-0.39, 0.29) is 11.7 Å². The largest absolute Gasteiger partial charge is 0.497 e. The van der Waals surface area contributed by atoms with E-state index < -0.39 is 0 Å². The van der Waals surface area contributed by atoms with Gasteiger partial charge in [-0.25, -0.2) is 0 Å². The molecule has 0 atom stereocenters. The molecule has 2 rings (SSSR count). The maximum absolute atomic E-state index is 12.9. The van der Waals surface area contributed by atoms with Crippen LogP contribution in [0.5, 0.6) is 17.2 Å². The fourth-order valence-corrected chi connectivity index (χ4v) is 2.29. The highest BCUT2D eigenvalue weighted by Crippen LogP contribution is 2.31. The summed E-state index contributed by atoms with van der Waals surface area (Å²) in [6, 6.07) is 9.83. The number of benzene rings is 2. The first-order valence-electron chi connectivity index (χ1n) is 7.22. The van der Waals surface area contributed by atoms with Crippen LogP contribution in [-0.4, -0.2) is 33.0 Å². The minimum atomic E-state index is -0.249. The summed E-state index contributed by atoms with van der Waals surface area (Å²) in [5, 5.41) is 2.65. The second-order valence-electron chi connectivity index (χ2n) is 4.99. The van der Waals surface area contributed by atoms with Gasteiger partial charge in [-0.05, 0) is 24.3 Å². The van der Waals surface area contributed by atoms with Gasteiger partial charge < -0.3 is 19.5 Å². The van der Waals surface area contributed by atoms with Gasteiger partial charge in [0.05, 0.1) is 32.5 Å². The number of nitrogens with one attached hydrogen (secondary N) is 1. The smallest absolute Gasteiger partial charge is 0.221 e. The average Bonchev–Trinajstić information content (AvgIpc) is 2.59. The van der Waals surface area contributed by atoms with Crippen LogP contribution in [0.4, 0.5) is 5.69 Å². The minimum absolute atomic E-state index is 0.201. The molecule has 0 radical (unpaired) electrons. The summed E-state index contributed by atoms with van der Waals surface area (Å²) in [4.78, 5) is 24.0. The number of hydrogen-bond donors (Lipinski definition) is 1. The molecule has 1 amide bonds. The number of ether oxygens (including phenoxy) is 3. The maximum atomic E-state index is 12.9. The van der Waals surface area contributed by atoms with Gasteiger partial charge in [-0.15, -0.1) is 0 Å². The number of rotatable bonds is 6. The zero-order chi connectivity index (χ0) is 17.7. The Labute approximate surface area is 140 Å². The van der Waals surface area contributed by atoms with Crippen molar-refractivity contribution in [3.05, 3.63) is 47.5 Å². The van der Waals surface area contributed by atoms with E-state index in [4.69, 9.17) is 14.2 Å². The van der Waals surface area contributed by atoms with Crippen molar-refractivity contribution in [3.8, 4) is 17.2 Å². The quantitative estimate of drug-likeness (QED) is 0.825. The number of hydrogen-bond acceptors (Lipinski definition) is 5. The standard InChI is InChI=1S/C18H19NO5/c1-11(20)19-12-5-7-14(16(9-12)23-3)18(21)15-8-6-13(22-2)10-17(15)24-4/h5-10H,1-4H3,(H,19,20). The zero-order valence-electron chi connectivity index (χ0n) is 14.0. The molecule has 0 saturated heterocycles. The van der Waals surface area contributed by atoms with Crippen LogP contribution in [0.1, 0.15) is 22.8 Å². The molecule has 0 fully saturated rings. The van der Waals surface area contributed by atoms with Crippen LogP contribution < -0.4 is 19.5 Å². The molecule has 2 aromatic rings. The minimum Gasteiger partial charge on any atom is -0.497 e. The Bertz CT molecular complexity index is 770. The van der Waals surface area contributed by atoms with Gasteiger partial charge in [0.1, 0.15) is 17.2 Å². The van der Waals surface area contributed by atoms with Gasteiger partial charge in [0, 0.05) is 24.7 Å². The first kappa shape index (κ1) is 17.3. The normalized spacial score (nSPS) is 10.0. The van der Waals surface area contributed by atoms with Crippen LogP contribution in [0.2, 0.25) is 0 Å². The van der Waals surface area contributed by atoms with Crippen LogP contribution in [0.3, 0.4) is 0 Å². The first-order chi connectivity index (χ1) is 11.5. The molecule has 0 heterocycles. The van der Waals surface area contributed by atoms with Crippen molar-refractivity contribution >= 4 is 17.4 Å². The van der Waals surface area contributed by atoms with Crippen molar-refractivity contribution in [2.24, 2.45) is 0 Å². The molecule has 0 aliphatic carbocycles. The molecular weight excluding hydrogens is 310 g/mol. The van der Waals surface area contributed by atoms with Gasteiger partial charge in [-0.3, -0.25) is 9.59 Å². The Balaban J connectivity index is 2.44. The lowest BCUT2D eigenvalue weighted by Crippen LogP contribution is -2.09. The molecule has 6 heteroatoms. The molecule has 126 valence electrons. The summed E-state index contributed by atoms with van der Waals surface area (Å²) in [5.41, 5.74) is 1.32. The second kappa shape index (κ2) is 7.50. The highest BCUT2D eigenvalue weighted by Gasteiger charge is 2.19. The molecule has 0 saturated carbocycles. The Morgan fingerprint density at radius 2 is 1.42 bits per heavy atom. The van der Waals surface area contributed by atoms with Crippen molar-refractivity contribution in [3.63, 3.8) is 0 Å². The number of amides is 1. The van der Waals surface area contributed by atoms with E-state index in [0.29, 0.717) is 34.1 Å². The molecule has 0 unspecified atom stereocenters. The lowest BCUT2D eigenvalue weighted by molar-refractivity contribution is -0.114. The Kier molecular flexibility index (Phi) is 5.42. The molecule has 0 aliphatic heterocycles. The predicted molar refractivity (Wildman–Crippen MR) is 90.3 cm³/mol. The van der Waals surface area contributed by atoms with Crippen LogP contribution in [0, 0.1) is 0 Å². The summed E-state index contributed by atoms with van der Waals surface area (Å²) in [6.07, 6.45) is 0. The predicted octanol–water partition coefficient (Wildman–Crippen LogP) is 2.90. The highest BCUT2D eigenvalue weighted by molar-refractivity contribution is 6.12. The Morgan fingerprint density at radius 1 is 0.833 bits per heavy atom. The third-order valence-corrected chi connectivity index (χ3v) is 3.42. The SMILES string of the molecule is COc1ccc(C(=O)c2ccc(NC(C)=O)cc2OC)c(OC)c1. The molecule has 2 aromatic carbocycles. The third kappa shape index (κ3) is 3.65. The van der Waals surface area contributed by atoms with Gasteiger partial charge in [-0.2, -0.15) is 0 Å².